The molecule has 20 heavy (non-hydrogen) atoms. The van der Waals surface area contributed by atoms with Crippen molar-refractivity contribution in [1.82, 2.24) is 0 Å². The van der Waals surface area contributed by atoms with Crippen LogP contribution in [0.4, 0.5) is 5.69 Å². The number of primary sulfonamides is 1. The summed E-state index contributed by atoms with van der Waals surface area (Å²) in [6.45, 7) is 3.69. The van der Waals surface area contributed by atoms with E-state index in [1.807, 2.05) is 4.90 Å². The van der Waals surface area contributed by atoms with Gasteiger partial charge in [-0.1, -0.05) is 13.3 Å². The van der Waals surface area contributed by atoms with Crippen LogP contribution in [0.25, 0.3) is 0 Å². The van der Waals surface area contributed by atoms with Gasteiger partial charge >= 0.3 is 5.97 Å². The second-order valence-corrected chi connectivity index (χ2v) is 6.60. The van der Waals surface area contributed by atoms with E-state index < -0.39 is 16.0 Å². The Labute approximate surface area is 118 Å². The van der Waals surface area contributed by atoms with Crippen molar-refractivity contribution in [1.29, 1.82) is 0 Å². The number of hydrogen-bond acceptors (Lipinski definition) is 4. The maximum absolute atomic E-state index is 11.3. The smallest absolute Gasteiger partial charge is 0.337 e. The summed E-state index contributed by atoms with van der Waals surface area (Å²) in [5, 5.41) is 14.3. The van der Waals surface area contributed by atoms with E-state index >= 15 is 0 Å². The highest BCUT2D eigenvalue weighted by molar-refractivity contribution is 7.89. The van der Waals surface area contributed by atoms with E-state index in [9.17, 15) is 18.3 Å². The van der Waals surface area contributed by atoms with Crippen molar-refractivity contribution in [3.8, 4) is 0 Å². The van der Waals surface area contributed by atoms with Crippen LogP contribution >= 0.6 is 0 Å². The van der Waals surface area contributed by atoms with E-state index in [4.69, 9.17) is 5.14 Å². The van der Waals surface area contributed by atoms with Crippen LogP contribution in [0.15, 0.2) is 23.1 Å². The normalized spacial score (nSPS) is 19.3. The number of hydrogen-bond donors (Lipinski definition) is 2. The van der Waals surface area contributed by atoms with Crippen LogP contribution in [0, 0.1) is 5.92 Å². The number of carboxylic acids is 1. The Bertz CT molecular complexity index is 627. The topological polar surface area (TPSA) is 101 Å². The third-order valence-corrected chi connectivity index (χ3v) is 4.64. The summed E-state index contributed by atoms with van der Waals surface area (Å²) in [5.74, 6) is -0.597. The Morgan fingerprint density at radius 3 is 2.70 bits per heavy atom. The lowest BCUT2D eigenvalue weighted by Crippen LogP contribution is -2.23. The van der Waals surface area contributed by atoms with Crippen molar-refractivity contribution in [2.75, 3.05) is 18.0 Å². The molecule has 1 unspecified atom stereocenters. The molecule has 0 aliphatic carbocycles. The van der Waals surface area contributed by atoms with Crippen molar-refractivity contribution in [2.45, 2.75) is 24.7 Å². The Morgan fingerprint density at radius 1 is 1.50 bits per heavy atom. The number of nitrogens with two attached hydrogens (primary N) is 1. The second-order valence-electron chi connectivity index (χ2n) is 5.04. The van der Waals surface area contributed by atoms with Crippen molar-refractivity contribution < 1.29 is 18.3 Å². The molecule has 1 atom stereocenters. The van der Waals surface area contributed by atoms with E-state index in [2.05, 4.69) is 6.92 Å². The highest BCUT2D eigenvalue weighted by Gasteiger charge is 2.25. The van der Waals surface area contributed by atoms with Gasteiger partial charge in [0.25, 0.3) is 0 Å². The maximum atomic E-state index is 11.3. The molecule has 1 aromatic carbocycles. The van der Waals surface area contributed by atoms with Crippen LogP contribution in [0.1, 0.15) is 30.1 Å². The predicted molar refractivity (Wildman–Crippen MR) is 75.4 cm³/mol. The molecule has 1 aliphatic rings. The van der Waals surface area contributed by atoms with Crippen LogP contribution in [0.5, 0.6) is 0 Å². The van der Waals surface area contributed by atoms with Crippen LogP contribution in [0.3, 0.4) is 0 Å². The standard InChI is InChI=1S/C13H18N2O4S/c1-2-9-5-6-15(8-9)12-4-3-10(20(14,18)19)7-11(12)13(16)17/h3-4,7,9H,2,5-6,8H2,1H3,(H,16,17)(H2,14,18,19). The molecule has 0 aromatic heterocycles. The second kappa shape index (κ2) is 5.41. The lowest BCUT2D eigenvalue weighted by atomic mass is 10.1. The molecule has 1 heterocycles. The van der Waals surface area contributed by atoms with Gasteiger partial charge in [0.1, 0.15) is 0 Å². The summed E-state index contributed by atoms with van der Waals surface area (Å²) in [4.78, 5) is 13.2. The molecule has 1 fully saturated rings. The SMILES string of the molecule is CCC1CCN(c2ccc(S(N)(=O)=O)cc2C(=O)O)C1. The van der Waals surface area contributed by atoms with Gasteiger partial charge in [0, 0.05) is 13.1 Å². The number of nitrogens with zero attached hydrogens (tertiary/aromatic N) is 1. The van der Waals surface area contributed by atoms with Crippen LogP contribution in [-0.2, 0) is 10.0 Å². The minimum absolute atomic E-state index is 0.0201. The minimum Gasteiger partial charge on any atom is -0.478 e. The molecule has 1 aromatic rings. The molecule has 0 spiro atoms. The van der Waals surface area contributed by atoms with E-state index in [1.54, 1.807) is 0 Å². The fourth-order valence-electron chi connectivity index (χ4n) is 2.52. The maximum Gasteiger partial charge on any atom is 0.337 e. The first kappa shape index (κ1) is 14.8. The number of benzene rings is 1. The molecule has 0 amide bonds. The van der Waals surface area contributed by atoms with Gasteiger partial charge in [-0.05, 0) is 30.5 Å². The van der Waals surface area contributed by atoms with E-state index in [1.165, 1.54) is 12.1 Å². The molecule has 1 aliphatic heterocycles. The molecular weight excluding hydrogens is 280 g/mol. The zero-order valence-electron chi connectivity index (χ0n) is 11.2. The van der Waals surface area contributed by atoms with Gasteiger partial charge in [0.15, 0.2) is 0 Å². The highest BCUT2D eigenvalue weighted by Crippen LogP contribution is 2.29. The Hall–Kier alpha value is -1.60. The van der Waals surface area contributed by atoms with Gasteiger partial charge in [0.2, 0.25) is 10.0 Å². The van der Waals surface area contributed by atoms with Gasteiger partial charge in [-0.3, -0.25) is 0 Å². The number of carbonyl (C=O) groups is 1. The van der Waals surface area contributed by atoms with Crippen molar-refractivity contribution in [2.24, 2.45) is 11.1 Å². The molecule has 1 saturated heterocycles. The summed E-state index contributed by atoms with van der Waals surface area (Å²) >= 11 is 0. The Morgan fingerprint density at radius 2 is 2.20 bits per heavy atom. The zero-order valence-corrected chi connectivity index (χ0v) is 12.1. The predicted octanol–water partition coefficient (Wildman–Crippen LogP) is 1.27. The minimum atomic E-state index is -3.90. The first-order valence-electron chi connectivity index (χ1n) is 6.48. The molecule has 0 radical (unpaired) electrons. The number of aromatic carboxylic acids is 1. The van der Waals surface area contributed by atoms with Gasteiger partial charge in [-0.25, -0.2) is 18.4 Å². The summed E-state index contributed by atoms with van der Waals surface area (Å²) < 4.78 is 22.6. The fraction of sp³-hybridized carbons (Fsp3) is 0.462. The number of carboxylic acid groups (broad SMARTS) is 1. The summed E-state index contributed by atoms with van der Waals surface area (Å²) in [5.41, 5.74) is 0.536. The van der Waals surface area contributed by atoms with Gasteiger partial charge < -0.3 is 10.0 Å². The molecule has 3 N–H and O–H groups in total. The lowest BCUT2D eigenvalue weighted by Gasteiger charge is -2.21. The molecule has 7 heteroatoms. The van der Waals surface area contributed by atoms with Crippen LogP contribution in [0.2, 0.25) is 0 Å². The average Bonchev–Trinajstić information content (AvgIpc) is 2.85. The van der Waals surface area contributed by atoms with E-state index in [0.717, 1.165) is 32.0 Å². The van der Waals surface area contributed by atoms with E-state index in [-0.39, 0.29) is 10.5 Å². The molecule has 2 rings (SSSR count). The van der Waals surface area contributed by atoms with Gasteiger partial charge in [-0.15, -0.1) is 0 Å². The summed E-state index contributed by atoms with van der Waals surface area (Å²) in [6.07, 6.45) is 2.07. The van der Waals surface area contributed by atoms with E-state index in [0.29, 0.717) is 11.6 Å². The number of anilines is 1. The van der Waals surface area contributed by atoms with Gasteiger partial charge in [0.05, 0.1) is 16.1 Å². The Balaban J connectivity index is 2.42. The first-order chi connectivity index (χ1) is 9.32. The molecule has 110 valence electrons. The average molecular weight is 298 g/mol. The van der Waals surface area contributed by atoms with Gasteiger partial charge in [-0.2, -0.15) is 0 Å². The lowest BCUT2D eigenvalue weighted by molar-refractivity contribution is 0.0697. The van der Waals surface area contributed by atoms with Crippen LogP contribution in [-0.4, -0.2) is 32.6 Å². The largest absolute Gasteiger partial charge is 0.478 e. The molecule has 6 nitrogen and oxygen atoms in total. The summed E-state index contributed by atoms with van der Waals surface area (Å²) in [7, 11) is -3.90. The number of rotatable bonds is 4. The highest BCUT2D eigenvalue weighted by atomic mass is 32.2. The van der Waals surface area contributed by atoms with Crippen molar-refractivity contribution >= 4 is 21.7 Å². The molecule has 0 bridgehead atoms. The summed E-state index contributed by atoms with van der Waals surface area (Å²) in [6, 6.07) is 4.02. The zero-order chi connectivity index (χ0) is 14.9. The quantitative estimate of drug-likeness (QED) is 0.871. The third-order valence-electron chi connectivity index (χ3n) is 3.73. The monoisotopic (exact) mass is 298 g/mol. The van der Waals surface area contributed by atoms with Crippen LogP contribution < -0.4 is 10.0 Å². The van der Waals surface area contributed by atoms with Crippen molar-refractivity contribution in [3.63, 3.8) is 0 Å². The fourth-order valence-corrected chi connectivity index (χ4v) is 3.06. The van der Waals surface area contributed by atoms with Crippen molar-refractivity contribution in [3.05, 3.63) is 23.8 Å². The molecular formula is C13H18N2O4S. The third kappa shape index (κ3) is 2.94. The number of sulfonamides is 1. The first-order valence-corrected chi connectivity index (χ1v) is 8.02. The Kier molecular flexibility index (Phi) is 4.01. The molecule has 0 saturated carbocycles.